The fourth-order valence-corrected chi connectivity index (χ4v) is 2.07. The lowest BCUT2D eigenvalue weighted by atomic mass is 10.2. The summed E-state index contributed by atoms with van der Waals surface area (Å²) in [7, 11) is 1.84. The minimum Gasteiger partial charge on any atom is -0.399 e. The van der Waals surface area contributed by atoms with E-state index < -0.39 is 0 Å². The van der Waals surface area contributed by atoms with Crippen LogP contribution < -0.4 is 11.1 Å². The van der Waals surface area contributed by atoms with Gasteiger partial charge in [0, 0.05) is 17.9 Å². The highest BCUT2D eigenvalue weighted by atomic mass is 19.1. The molecule has 2 aromatic carbocycles. The zero-order valence-electron chi connectivity index (χ0n) is 11.8. The molecule has 0 heterocycles. The van der Waals surface area contributed by atoms with Crippen LogP contribution in [0.2, 0.25) is 0 Å². The third-order valence-electron chi connectivity index (χ3n) is 2.93. The van der Waals surface area contributed by atoms with Gasteiger partial charge in [-0.3, -0.25) is 9.69 Å². The van der Waals surface area contributed by atoms with Crippen LogP contribution in [0.4, 0.5) is 15.8 Å². The molecule has 21 heavy (non-hydrogen) atoms. The van der Waals surface area contributed by atoms with Gasteiger partial charge < -0.3 is 11.1 Å². The summed E-state index contributed by atoms with van der Waals surface area (Å²) in [6.45, 7) is 0.826. The number of nitrogens with zero attached hydrogens (tertiary/aromatic N) is 1. The average Bonchev–Trinajstić information content (AvgIpc) is 2.38. The maximum absolute atomic E-state index is 13.0. The summed E-state index contributed by atoms with van der Waals surface area (Å²) in [6.07, 6.45) is 0. The number of amides is 1. The second kappa shape index (κ2) is 6.85. The molecule has 0 radical (unpaired) electrons. The highest BCUT2D eigenvalue weighted by molar-refractivity contribution is 5.92. The molecular weight excluding hydrogens is 269 g/mol. The number of hydrogen-bond donors (Lipinski definition) is 2. The monoisotopic (exact) mass is 287 g/mol. The van der Waals surface area contributed by atoms with E-state index in [9.17, 15) is 9.18 Å². The molecule has 5 heteroatoms. The molecular formula is C16H18FN3O. The number of benzene rings is 2. The summed E-state index contributed by atoms with van der Waals surface area (Å²) in [5.41, 5.74) is 7.91. The van der Waals surface area contributed by atoms with Gasteiger partial charge in [0.15, 0.2) is 0 Å². The van der Waals surface area contributed by atoms with E-state index >= 15 is 0 Å². The summed E-state index contributed by atoms with van der Waals surface area (Å²) >= 11 is 0. The summed E-state index contributed by atoms with van der Waals surface area (Å²) < 4.78 is 13.0. The lowest BCUT2D eigenvalue weighted by molar-refractivity contribution is -0.117. The Hall–Kier alpha value is -2.40. The first-order chi connectivity index (χ1) is 10.0. The Balaban J connectivity index is 1.87. The van der Waals surface area contributed by atoms with Gasteiger partial charge in [-0.2, -0.15) is 0 Å². The predicted octanol–water partition coefficient (Wildman–Crippen LogP) is 2.48. The van der Waals surface area contributed by atoms with E-state index in [1.165, 1.54) is 12.1 Å². The smallest absolute Gasteiger partial charge is 0.238 e. The number of carbonyl (C=O) groups excluding carboxylic acids is 1. The lowest BCUT2D eigenvalue weighted by Crippen LogP contribution is -2.29. The number of likely N-dealkylation sites (N-methyl/N-ethyl adjacent to an activating group) is 1. The van der Waals surface area contributed by atoms with Crippen molar-refractivity contribution in [2.75, 3.05) is 24.6 Å². The number of nitrogens with two attached hydrogens (primary N) is 1. The molecule has 2 rings (SSSR count). The van der Waals surface area contributed by atoms with Gasteiger partial charge in [-0.1, -0.05) is 18.2 Å². The topological polar surface area (TPSA) is 58.4 Å². The SMILES string of the molecule is CN(CC(=O)Nc1cccc(F)c1)Cc1cccc(N)c1. The van der Waals surface area contributed by atoms with Gasteiger partial charge in [0.2, 0.25) is 5.91 Å². The van der Waals surface area contributed by atoms with Crippen molar-refractivity contribution in [1.29, 1.82) is 0 Å². The van der Waals surface area contributed by atoms with Gasteiger partial charge in [-0.15, -0.1) is 0 Å². The molecule has 0 bridgehead atoms. The van der Waals surface area contributed by atoms with Gasteiger partial charge in [-0.05, 0) is 42.9 Å². The van der Waals surface area contributed by atoms with Gasteiger partial charge in [0.25, 0.3) is 0 Å². The normalized spacial score (nSPS) is 10.6. The first-order valence-electron chi connectivity index (χ1n) is 6.61. The minimum atomic E-state index is -0.374. The Labute approximate surface area is 123 Å². The van der Waals surface area contributed by atoms with Crippen molar-refractivity contribution in [3.8, 4) is 0 Å². The average molecular weight is 287 g/mol. The summed E-state index contributed by atoms with van der Waals surface area (Å²) in [4.78, 5) is 13.8. The molecule has 4 nitrogen and oxygen atoms in total. The molecule has 0 unspecified atom stereocenters. The van der Waals surface area contributed by atoms with E-state index in [0.29, 0.717) is 17.9 Å². The third-order valence-corrected chi connectivity index (χ3v) is 2.93. The molecule has 0 saturated carbocycles. The quantitative estimate of drug-likeness (QED) is 0.831. The number of nitrogen functional groups attached to an aromatic ring is 1. The lowest BCUT2D eigenvalue weighted by Gasteiger charge is -2.16. The second-order valence-corrected chi connectivity index (χ2v) is 4.98. The molecule has 0 aliphatic rings. The Bertz CT molecular complexity index is 630. The van der Waals surface area contributed by atoms with E-state index in [4.69, 9.17) is 5.73 Å². The zero-order valence-corrected chi connectivity index (χ0v) is 11.8. The van der Waals surface area contributed by atoms with E-state index in [-0.39, 0.29) is 18.3 Å². The van der Waals surface area contributed by atoms with Crippen molar-refractivity contribution in [2.45, 2.75) is 6.54 Å². The van der Waals surface area contributed by atoms with E-state index in [1.807, 2.05) is 36.2 Å². The van der Waals surface area contributed by atoms with E-state index in [2.05, 4.69) is 5.32 Å². The van der Waals surface area contributed by atoms with Crippen LogP contribution in [0.15, 0.2) is 48.5 Å². The van der Waals surface area contributed by atoms with Crippen LogP contribution in [0.3, 0.4) is 0 Å². The number of nitrogens with one attached hydrogen (secondary N) is 1. The summed E-state index contributed by atoms with van der Waals surface area (Å²) in [5, 5.41) is 2.67. The van der Waals surface area contributed by atoms with Crippen LogP contribution in [0.1, 0.15) is 5.56 Å². The number of hydrogen-bond acceptors (Lipinski definition) is 3. The molecule has 2 aromatic rings. The summed E-state index contributed by atoms with van der Waals surface area (Å²) in [6, 6.07) is 13.4. The molecule has 0 spiro atoms. The van der Waals surface area contributed by atoms with Gasteiger partial charge >= 0.3 is 0 Å². The van der Waals surface area contributed by atoms with Crippen LogP contribution in [-0.2, 0) is 11.3 Å². The Kier molecular flexibility index (Phi) is 4.90. The fourth-order valence-electron chi connectivity index (χ4n) is 2.07. The Morgan fingerprint density at radius 2 is 2.00 bits per heavy atom. The number of halogens is 1. The van der Waals surface area contributed by atoms with E-state index in [0.717, 1.165) is 5.56 Å². The van der Waals surface area contributed by atoms with Crippen molar-refractivity contribution >= 4 is 17.3 Å². The largest absolute Gasteiger partial charge is 0.399 e. The Morgan fingerprint density at radius 1 is 1.24 bits per heavy atom. The molecule has 1 amide bonds. The molecule has 0 atom stereocenters. The standard InChI is InChI=1S/C16H18FN3O/c1-20(10-12-4-2-6-14(18)8-12)11-16(21)19-15-7-3-5-13(17)9-15/h2-9H,10-11,18H2,1H3,(H,19,21). The molecule has 110 valence electrons. The maximum Gasteiger partial charge on any atom is 0.238 e. The first kappa shape index (κ1) is 15.0. The zero-order chi connectivity index (χ0) is 15.2. The molecule has 0 aliphatic carbocycles. The van der Waals surface area contributed by atoms with Crippen LogP contribution in [-0.4, -0.2) is 24.4 Å². The minimum absolute atomic E-state index is 0.188. The second-order valence-electron chi connectivity index (χ2n) is 4.98. The number of carbonyl (C=O) groups is 1. The van der Waals surface area contributed by atoms with Crippen molar-refractivity contribution in [3.05, 3.63) is 59.9 Å². The van der Waals surface area contributed by atoms with Crippen molar-refractivity contribution < 1.29 is 9.18 Å². The number of rotatable bonds is 5. The molecule has 0 aliphatic heterocycles. The van der Waals surface area contributed by atoms with Gasteiger partial charge in [0.05, 0.1) is 6.54 Å². The molecule has 0 fully saturated rings. The maximum atomic E-state index is 13.0. The van der Waals surface area contributed by atoms with Crippen LogP contribution >= 0.6 is 0 Å². The fraction of sp³-hybridized carbons (Fsp3) is 0.188. The number of anilines is 2. The highest BCUT2D eigenvalue weighted by Gasteiger charge is 2.08. The predicted molar refractivity (Wildman–Crippen MR) is 82.2 cm³/mol. The highest BCUT2D eigenvalue weighted by Crippen LogP contribution is 2.10. The molecule has 0 aromatic heterocycles. The third kappa shape index (κ3) is 4.89. The van der Waals surface area contributed by atoms with Crippen LogP contribution in [0.25, 0.3) is 0 Å². The van der Waals surface area contributed by atoms with Crippen molar-refractivity contribution in [2.24, 2.45) is 0 Å². The molecule has 0 saturated heterocycles. The first-order valence-corrected chi connectivity index (χ1v) is 6.61. The van der Waals surface area contributed by atoms with Crippen LogP contribution in [0, 0.1) is 5.82 Å². The van der Waals surface area contributed by atoms with E-state index in [1.54, 1.807) is 12.1 Å². The van der Waals surface area contributed by atoms with Gasteiger partial charge in [-0.25, -0.2) is 4.39 Å². The van der Waals surface area contributed by atoms with Crippen molar-refractivity contribution in [3.63, 3.8) is 0 Å². The molecule has 3 N–H and O–H groups in total. The van der Waals surface area contributed by atoms with Gasteiger partial charge in [0.1, 0.15) is 5.82 Å². The van der Waals surface area contributed by atoms with Crippen molar-refractivity contribution in [1.82, 2.24) is 4.90 Å². The van der Waals surface area contributed by atoms with Crippen LogP contribution in [0.5, 0.6) is 0 Å². The Morgan fingerprint density at radius 3 is 2.71 bits per heavy atom. The summed E-state index contributed by atoms with van der Waals surface area (Å²) in [5.74, 6) is -0.562.